The minimum absolute atomic E-state index is 0.000645. The van der Waals surface area contributed by atoms with Gasteiger partial charge in [0.1, 0.15) is 108 Å². The number of aromatic hydroxyl groups is 1. The van der Waals surface area contributed by atoms with Crippen LogP contribution in [0.4, 0.5) is 0 Å². The highest BCUT2D eigenvalue weighted by Gasteiger charge is 2.43. The highest BCUT2D eigenvalue weighted by Crippen LogP contribution is 2.29. The van der Waals surface area contributed by atoms with Crippen LogP contribution in [0.2, 0.25) is 0 Å². The van der Waals surface area contributed by atoms with E-state index in [1.807, 2.05) is 0 Å². The lowest BCUT2D eigenvalue weighted by molar-refractivity contribution is -0.137. The molecule has 0 unspecified atom stereocenters. The van der Waals surface area contributed by atoms with E-state index >= 15 is 62.3 Å². The Morgan fingerprint density at radius 1 is 0.324 bits per heavy atom. The zero-order chi connectivity index (χ0) is 109. The summed E-state index contributed by atoms with van der Waals surface area (Å²) in [7, 11) is 4.78. The lowest BCUT2D eigenvalue weighted by Crippen LogP contribution is -2.63. The molecule has 40 N–H and O–H groups in total. The number of phenolic OH excluding ortho intramolecular Hbond substituents is 1. The molecule has 59 heteroatoms. The van der Waals surface area contributed by atoms with E-state index in [0.717, 1.165) is 71.7 Å². The van der Waals surface area contributed by atoms with Crippen molar-refractivity contribution in [3.8, 4) is 5.75 Å². The molecule has 6 rings (SSSR count). The normalized spacial score (nSPS) is 25.8. The number of nitrogens with two attached hydrogens (primary N) is 5. The molecule has 0 radical (unpaired) electrons. The fraction of sp³-hybridized carbons (Fsp3) is 0.607. The smallest absolute Gasteiger partial charge is 0.245 e. The second-order valence-corrected chi connectivity index (χ2v) is 43.9. The van der Waals surface area contributed by atoms with Crippen molar-refractivity contribution in [3.05, 3.63) is 65.7 Å². The van der Waals surface area contributed by atoms with E-state index in [1.54, 1.807) is 71.9 Å². The molecule has 4 saturated heterocycles. The van der Waals surface area contributed by atoms with Gasteiger partial charge < -0.3 is 161 Å². The van der Waals surface area contributed by atoms with Crippen LogP contribution in [0.1, 0.15) is 137 Å². The first kappa shape index (κ1) is 124. The Kier molecular flexibility index (Phi) is 53.9. The summed E-state index contributed by atoms with van der Waals surface area (Å²) in [5.41, 5.74) is 29.0. The molecular formula is C89H143N33O20S6. The topological polar surface area (TPSA) is 874 Å². The Labute approximate surface area is 880 Å². The molecule has 18 amide bonds. The minimum atomic E-state index is -1.99. The molecule has 2 aromatic carbocycles. The monoisotopic (exact) mass is 2190 g/mol. The summed E-state index contributed by atoms with van der Waals surface area (Å²) in [5, 5.41) is 122. The van der Waals surface area contributed by atoms with Crippen molar-refractivity contribution in [1.82, 2.24) is 122 Å². The fourth-order valence-corrected chi connectivity index (χ4v) is 22.1. The highest BCUT2D eigenvalue weighted by molar-refractivity contribution is 8.77. The van der Waals surface area contributed by atoms with Crippen molar-refractivity contribution >= 4 is 201 Å². The second-order valence-electron chi connectivity index (χ2n) is 36.3. The summed E-state index contributed by atoms with van der Waals surface area (Å²) < 4.78 is 0. The molecular weight excluding hydrogens is 2040 g/mol. The number of hydrogen-bond donors (Lipinski definition) is 35. The maximum Gasteiger partial charge on any atom is 0.245 e. The van der Waals surface area contributed by atoms with Gasteiger partial charge in [-0.3, -0.25) is 113 Å². The summed E-state index contributed by atoms with van der Waals surface area (Å²) in [6.45, 7) is 9.60. The lowest BCUT2D eigenvalue weighted by atomic mass is 9.97. The summed E-state index contributed by atoms with van der Waals surface area (Å²) in [5.74, 6) is -27.2. The molecule has 0 aromatic heterocycles. The van der Waals surface area contributed by atoms with Crippen LogP contribution in [0.25, 0.3) is 0 Å². The van der Waals surface area contributed by atoms with Gasteiger partial charge in [0.15, 0.2) is 29.8 Å². The molecule has 148 heavy (non-hydrogen) atoms. The summed E-state index contributed by atoms with van der Waals surface area (Å²) in [4.78, 5) is 275. The molecule has 0 spiro atoms. The second kappa shape index (κ2) is 64.4. The van der Waals surface area contributed by atoms with Crippen LogP contribution in [-0.2, 0) is 99.1 Å². The van der Waals surface area contributed by atoms with Gasteiger partial charge in [0, 0.05) is 80.1 Å². The van der Waals surface area contributed by atoms with Gasteiger partial charge in [-0.25, -0.2) is 0 Å². The Hall–Kier alpha value is -12.9. The van der Waals surface area contributed by atoms with Crippen molar-refractivity contribution < 1.29 is 96.5 Å². The molecule has 4 aliphatic rings. The minimum Gasteiger partial charge on any atom is -0.508 e. The lowest BCUT2D eigenvalue weighted by Gasteiger charge is -2.31. The number of fused-ring (bicyclic) bond motifs is 15. The zero-order valence-corrected chi connectivity index (χ0v) is 88.2. The molecule has 53 nitrogen and oxygen atoms in total. The maximum absolute atomic E-state index is 15.8. The van der Waals surface area contributed by atoms with Crippen LogP contribution < -0.4 is 151 Å². The quantitative estimate of drug-likeness (QED) is 0.0149. The van der Waals surface area contributed by atoms with Crippen molar-refractivity contribution in [2.75, 3.05) is 73.8 Å². The van der Waals surface area contributed by atoms with Crippen LogP contribution >= 0.6 is 64.8 Å². The van der Waals surface area contributed by atoms with Crippen LogP contribution in [0, 0.1) is 44.8 Å². The Morgan fingerprint density at radius 2 is 0.588 bits per heavy atom. The predicted molar refractivity (Wildman–Crippen MR) is 564 cm³/mol. The van der Waals surface area contributed by atoms with E-state index in [1.165, 1.54) is 24.3 Å². The predicted octanol–water partition coefficient (Wildman–Crippen LogP) is -7.82. The molecule has 4 fully saturated rings. The Balaban J connectivity index is 1.66. The number of aliphatic hydroxyl groups excluding tert-OH is 1. The third-order valence-corrected chi connectivity index (χ3v) is 30.6. The molecule has 19 atom stereocenters. The number of nitrogens with one attached hydrogen (secondary N) is 28. The number of carbonyl (C=O) groups excluding carboxylic acids is 18. The highest BCUT2D eigenvalue weighted by atomic mass is 33.1. The van der Waals surface area contributed by atoms with E-state index in [0.29, 0.717) is 11.1 Å². The van der Waals surface area contributed by atoms with E-state index in [9.17, 15) is 34.2 Å². The molecule has 0 aliphatic carbocycles. The van der Waals surface area contributed by atoms with Crippen LogP contribution in [0.3, 0.4) is 0 Å². The molecule has 820 valence electrons. The van der Waals surface area contributed by atoms with Crippen molar-refractivity contribution in [2.24, 2.45) is 46.4 Å². The maximum atomic E-state index is 15.8. The molecule has 2 aromatic rings. The zero-order valence-electron chi connectivity index (χ0n) is 83.3. The first-order chi connectivity index (χ1) is 70.2. The summed E-state index contributed by atoms with van der Waals surface area (Å²) in [6.07, 6.45) is -4.29. The molecule has 4 heterocycles. The number of carbonyl (C=O) groups is 18. The number of amides is 18. The van der Waals surface area contributed by atoms with E-state index in [-0.39, 0.29) is 128 Å². The SMILES string of the molecule is CC[C@H](C)[C@@H]1NC(=O)[C@@H]2CSSC[C@H](NC(=O)[C@H](CCCNC(=N)N)NC(=O)[C@@H]3CSSC[C@H](NC1=O)C(=O)N[C@@H]([C@@H](C)O)C(=O)N[C@@H](CCCNC(=N)N)C(=O)N[C@@H](Cc1ccc(O)cc1)C(=O)N[C@@H](Cc1ccccc1)C(=O)N3)C(=O)N[C@@H](CC(C)C)C(=O)N[C@H]1CSSC[C@H](NC(=O)[C@H](C(C)C)NC(=O)CNC(=O)[C@H](CCCNC(=N)N)NC(=O)[C@H](CCCNC(=N)N)NC1=O)C(=O)N[C@@H](CCCNC(=N)N)C(=O)N2. The Morgan fingerprint density at radius 3 is 0.919 bits per heavy atom. The van der Waals surface area contributed by atoms with Gasteiger partial charge in [-0.15, -0.1) is 0 Å². The van der Waals surface area contributed by atoms with Gasteiger partial charge in [-0.05, 0) is 119 Å². The van der Waals surface area contributed by atoms with Crippen LogP contribution in [-0.4, -0.2) is 329 Å². The standard InChI is InChI=1S/C89H143N33O20S6/c1-8-45(6)66-83(141)119-63-42-148-144-38-59(117-75(133)56(34-47-17-10-9-11-18-47)113-74(132)57(35-48-24-26-49(124)27-25-48)112-70(128)54(23-16-32-104-89(98)99)110-84(142)67(46(7)123)122-81(63)139)77(135)108-52(21-14-30-102-87(94)95)71(129)114-60-39-145-147-41-62(80(138)121-66)115-72(130)53(22-15-31-103-88(96)97)109-78(136)61-40-146-143-37-58(116-73(131)55(33-43(2)3)111-79(60)137)76(134)107-51(20-13-29-101-86(92)93)69(127)106-50(19-12-28-100-85(90)91)68(126)105-36-64(125)120-65(44(4)5)82(140)118-61/h9-11,17-18,24-27,43-46,50-63,65-67,123-124H,8,12-16,19-23,28-42H2,1-7H3,(H,105,126)(H,106,127)(H,107,134)(H,108,135)(H,109,136)(H,110,142)(H,111,137)(H,112,128)(H,113,132)(H,114,129)(H,115,130)(H,116,131)(H,117,133)(H,118,140)(H,119,141)(H,120,125)(H,121,138)(H,122,139)(H4,90,91,100)(H4,92,93,101)(H4,94,95,102)(H4,96,97,103)(H4,98,99,104)/t45-,46+,50-,51-,52-,53-,54-,55-,56-,57-,58-,59-,60-,61-,62-,63-,65-,66-,67-/m0/s1. The van der Waals surface area contributed by atoms with Gasteiger partial charge in [0.2, 0.25) is 106 Å². The average Bonchev–Trinajstić information content (AvgIpc) is 0.831. The number of hydrogen-bond acceptors (Lipinski definition) is 31. The van der Waals surface area contributed by atoms with Crippen molar-refractivity contribution in [1.29, 1.82) is 27.0 Å². The van der Waals surface area contributed by atoms with Crippen LogP contribution in [0.5, 0.6) is 5.75 Å². The third kappa shape index (κ3) is 44.6. The van der Waals surface area contributed by atoms with E-state index < -0.39 is 304 Å². The Bertz CT molecular complexity index is 4930. The number of rotatable bonds is 30. The van der Waals surface area contributed by atoms with E-state index in [2.05, 4.69) is 122 Å². The number of guanidine groups is 5. The van der Waals surface area contributed by atoms with Gasteiger partial charge in [-0.1, -0.05) is 155 Å². The first-order valence-electron chi connectivity index (χ1n) is 48.3. The number of aliphatic hydroxyl groups is 1. The van der Waals surface area contributed by atoms with Gasteiger partial charge in [0.05, 0.1) is 12.6 Å². The first-order valence-corrected chi connectivity index (χ1v) is 55.7. The van der Waals surface area contributed by atoms with Gasteiger partial charge >= 0.3 is 0 Å². The summed E-state index contributed by atoms with van der Waals surface area (Å²) in [6, 6.07) is -15.6. The number of benzene rings is 2. The van der Waals surface area contributed by atoms with E-state index in [4.69, 9.17) is 55.7 Å². The molecule has 6 bridgehead atoms. The van der Waals surface area contributed by atoms with Gasteiger partial charge in [0.25, 0.3) is 0 Å². The average molecular weight is 2190 g/mol. The summed E-state index contributed by atoms with van der Waals surface area (Å²) >= 11 is 0. The third-order valence-electron chi connectivity index (χ3n) is 23.4. The number of phenols is 1. The van der Waals surface area contributed by atoms with Gasteiger partial charge in [-0.2, -0.15) is 0 Å². The largest absolute Gasteiger partial charge is 0.508 e. The fourth-order valence-electron chi connectivity index (χ4n) is 15.1. The van der Waals surface area contributed by atoms with Crippen molar-refractivity contribution in [3.63, 3.8) is 0 Å². The molecule has 4 aliphatic heterocycles. The molecule has 0 saturated carbocycles. The van der Waals surface area contributed by atoms with Crippen LogP contribution in [0.15, 0.2) is 54.6 Å². The van der Waals surface area contributed by atoms with Crippen molar-refractivity contribution in [2.45, 2.75) is 247 Å².